The zero-order valence-electron chi connectivity index (χ0n) is 15.0. The van der Waals surface area contributed by atoms with E-state index in [1.54, 1.807) is 30.3 Å². The summed E-state index contributed by atoms with van der Waals surface area (Å²) in [4.78, 5) is 47.5. The highest BCUT2D eigenvalue weighted by Gasteiger charge is 2.31. The fourth-order valence-corrected chi connectivity index (χ4v) is 2.74. The maximum atomic E-state index is 12.7. The lowest BCUT2D eigenvalue weighted by molar-refractivity contribution is -0.133. The molecular formula is C22H21O5. The number of aldehydes is 1. The van der Waals surface area contributed by atoms with E-state index in [0.717, 1.165) is 25.2 Å². The molecule has 1 atom stereocenters. The highest BCUT2D eigenvalue weighted by atomic mass is 16.5. The van der Waals surface area contributed by atoms with Gasteiger partial charge in [-0.2, -0.15) is 0 Å². The van der Waals surface area contributed by atoms with E-state index in [0.29, 0.717) is 25.0 Å². The topological polar surface area (TPSA) is 77.5 Å². The van der Waals surface area contributed by atoms with Gasteiger partial charge in [-0.25, -0.2) is 4.79 Å². The number of allylic oxidation sites excluding steroid dienone is 4. The molecule has 0 aromatic heterocycles. The summed E-state index contributed by atoms with van der Waals surface area (Å²) < 4.78 is 5.23. The molecule has 0 heterocycles. The first kappa shape index (κ1) is 20.2. The predicted octanol–water partition coefficient (Wildman–Crippen LogP) is 3.35. The zero-order chi connectivity index (χ0) is 19.6. The van der Waals surface area contributed by atoms with E-state index in [1.165, 1.54) is 6.08 Å². The molecule has 0 aliphatic heterocycles. The number of rotatable bonds is 10. The van der Waals surface area contributed by atoms with E-state index in [-0.39, 0.29) is 11.1 Å². The van der Waals surface area contributed by atoms with E-state index in [4.69, 9.17) is 4.74 Å². The van der Waals surface area contributed by atoms with Crippen molar-refractivity contribution in [2.24, 2.45) is 5.92 Å². The maximum Gasteiger partial charge on any atom is 0.347 e. The fraction of sp³-hybridized carbons (Fsp3) is 0.273. The summed E-state index contributed by atoms with van der Waals surface area (Å²) >= 11 is 0. The molecule has 2 rings (SSSR count). The van der Waals surface area contributed by atoms with Crippen molar-refractivity contribution in [3.8, 4) is 5.75 Å². The summed E-state index contributed by atoms with van der Waals surface area (Å²) in [6, 6.07) is 8.39. The van der Waals surface area contributed by atoms with Gasteiger partial charge in [0.25, 0.3) is 0 Å². The van der Waals surface area contributed by atoms with E-state index >= 15 is 0 Å². The summed E-state index contributed by atoms with van der Waals surface area (Å²) in [6.07, 6.45) is 9.33. The summed E-state index contributed by atoms with van der Waals surface area (Å²) in [5.74, 6) is -1.94. The predicted molar refractivity (Wildman–Crippen MR) is 99.8 cm³/mol. The molecule has 5 nitrogen and oxygen atoms in total. The normalized spacial score (nSPS) is 16.1. The van der Waals surface area contributed by atoms with Gasteiger partial charge in [-0.15, -0.1) is 0 Å². The minimum atomic E-state index is -0.834. The van der Waals surface area contributed by atoms with Gasteiger partial charge in [0.2, 0.25) is 0 Å². The van der Waals surface area contributed by atoms with Crippen molar-refractivity contribution in [2.75, 3.05) is 0 Å². The molecule has 1 aromatic rings. The number of benzene rings is 1. The molecule has 5 heteroatoms. The van der Waals surface area contributed by atoms with Crippen molar-refractivity contribution in [1.82, 2.24) is 0 Å². The Morgan fingerprint density at radius 1 is 1.15 bits per heavy atom. The molecule has 0 saturated heterocycles. The number of carbonyl (C=O) groups excluding carboxylic acids is 4. The van der Waals surface area contributed by atoms with E-state index < -0.39 is 23.5 Å². The molecule has 0 N–H and O–H groups in total. The maximum absolute atomic E-state index is 12.7. The molecule has 1 aliphatic carbocycles. The van der Waals surface area contributed by atoms with Crippen LogP contribution in [0.2, 0.25) is 0 Å². The summed E-state index contributed by atoms with van der Waals surface area (Å²) in [7, 11) is 0. The van der Waals surface area contributed by atoms with Crippen LogP contribution in [0.5, 0.6) is 5.75 Å². The van der Waals surface area contributed by atoms with Gasteiger partial charge in [0, 0.05) is 24.0 Å². The molecule has 1 radical (unpaired) electrons. The molecule has 1 aliphatic rings. The average molecular weight is 365 g/mol. The van der Waals surface area contributed by atoms with Crippen molar-refractivity contribution >= 4 is 23.8 Å². The Morgan fingerprint density at radius 2 is 1.89 bits per heavy atom. The largest absolute Gasteiger partial charge is 0.423 e. The lowest BCUT2D eigenvalue weighted by atomic mass is 9.84. The van der Waals surface area contributed by atoms with Crippen LogP contribution < -0.4 is 4.74 Å². The Kier molecular flexibility index (Phi) is 7.62. The number of hydrogen-bond donors (Lipinski definition) is 0. The van der Waals surface area contributed by atoms with Crippen molar-refractivity contribution in [3.05, 3.63) is 66.3 Å². The van der Waals surface area contributed by atoms with Gasteiger partial charge in [0.05, 0.1) is 0 Å². The van der Waals surface area contributed by atoms with Gasteiger partial charge in [-0.1, -0.05) is 43.7 Å². The molecule has 1 unspecified atom stereocenters. The van der Waals surface area contributed by atoms with E-state index in [9.17, 15) is 19.2 Å². The van der Waals surface area contributed by atoms with E-state index in [2.05, 4.69) is 12.7 Å². The molecular weight excluding hydrogens is 344 g/mol. The summed E-state index contributed by atoms with van der Waals surface area (Å²) in [6.45, 7) is 3.44. The zero-order valence-corrected chi connectivity index (χ0v) is 15.0. The third kappa shape index (κ3) is 5.71. The number of Topliss-reactive ketones (excluding diaryl/α,β-unsaturated/α-hetero) is 1. The number of carbonyl (C=O) groups is 4. The first-order valence-corrected chi connectivity index (χ1v) is 8.84. The number of esters is 1. The third-order valence-corrected chi connectivity index (χ3v) is 4.16. The number of hydrogen-bond acceptors (Lipinski definition) is 5. The first-order chi connectivity index (χ1) is 13.1. The minimum Gasteiger partial charge on any atom is -0.423 e. The molecule has 0 fully saturated rings. The quantitative estimate of drug-likeness (QED) is 0.159. The molecule has 0 amide bonds. The SMILES string of the molecule is C=CC(=O)C1=CC(CCCCCC=O)C(=O)C(C(=O)Oc2ccccc2)=[C]1. The Balaban J connectivity index is 2.15. The molecule has 27 heavy (non-hydrogen) atoms. The second-order valence-electron chi connectivity index (χ2n) is 6.13. The minimum absolute atomic E-state index is 0.141. The Morgan fingerprint density at radius 3 is 2.56 bits per heavy atom. The van der Waals surface area contributed by atoms with Gasteiger partial charge >= 0.3 is 5.97 Å². The Labute approximate surface area is 158 Å². The van der Waals surface area contributed by atoms with Gasteiger partial charge in [-0.3, -0.25) is 9.59 Å². The summed E-state index contributed by atoms with van der Waals surface area (Å²) in [5.41, 5.74) is -0.119. The molecule has 139 valence electrons. The van der Waals surface area contributed by atoms with Crippen molar-refractivity contribution < 1.29 is 23.9 Å². The summed E-state index contributed by atoms with van der Waals surface area (Å²) in [5, 5.41) is 0. The van der Waals surface area contributed by atoms with Crippen LogP contribution >= 0.6 is 0 Å². The van der Waals surface area contributed by atoms with Crippen LogP contribution in [-0.2, 0) is 19.2 Å². The number of ketones is 2. The monoisotopic (exact) mass is 365 g/mol. The smallest absolute Gasteiger partial charge is 0.347 e. The van der Waals surface area contributed by atoms with Crippen LogP contribution in [0.3, 0.4) is 0 Å². The van der Waals surface area contributed by atoms with Crippen LogP contribution in [0, 0.1) is 12.0 Å². The molecule has 0 spiro atoms. The molecule has 0 bridgehead atoms. The third-order valence-electron chi connectivity index (χ3n) is 4.16. The number of para-hydroxylation sites is 1. The van der Waals surface area contributed by atoms with Crippen molar-refractivity contribution in [2.45, 2.75) is 32.1 Å². The Bertz CT molecular complexity index is 786. The Hall–Kier alpha value is -3.08. The highest BCUT2D eigenvalue weighted by molar-refractivity contribution is 6.21. The van der Waals surface area contributed by atoms with Crippen LogP contribution in [0.25, 0.3) is 0 Å². The first-order valence-electron chi connectivity index (χ1n) is 8.84. The van der Waals surface area contributed by atoms with Gasteiger partial charge < -0.3 is 9.53 Å². The second-order valence-corrected chi connectivity index (χ2v) is 6.13. The lowest BCUT2D eigenvalue weighted by Gasteiger charge is -2.18. The molecule has 1 aromatic carbocycles. The number of ether oxygens (including phenoxy) is 1. The standard InChI is InChI=1S/C22H21O5/c1-2-20(24)17-14-16(10-6-3-4-9-13-23)21(25)19(15-17)22(26)27-18-11-7-5-8-12-18/h2,5,7-8,11-14,16H,1,3-4,6,9-10H2. The van der Waals surface area contributed by atoms with Crippen LogP contribution in [0.1, 0.15) is 32.1 Å². The lowest BCUT2D eigenvalue weighted by Crippen LogP contribution is -2.28. The van der Waals surface area contributed by atoms with Crippen molar-refractivity contribution in [1.29, 1.82) is 0 Å². The second kappa shape index (κ2) is 10.2. The van der Waals surface area contributed by atoms with E-state index in [1.807, 2.05) is 0 Å². The molecule has 0 saturated carbocycles. The fourth-order valence-electron chi connectivity index (χ4n) is 2.74. The van der Waals surface area contributed by atoms with Crippen LogP contribution in [0.15, 0.2) is 60.2 Å². The van der Waals surface area contributed by atoms with Crippen LogP contribution in [0.4, 0.5) is 0 Å². The van der Waals surface area contributed by atoms with Crippen molar-refractivity contribution in [3.63, 3.8) is 0 Å². The average Bonchev–Trinajstić information content (AvgIpc) is 2.69. The van der Waals surface area contributed by atoms with Gasteiger partial charge in [-0.05, 0) is 31.1 Å². The number of unbranched alkanes of at least 4 members (excludes halogenated alkanes) is 3. The highest BCUT2D eigenvalue weighted by Crippen LogP contribution is 2.26. The van der Waals surface area contributed by atoms with Gasteiger partial charge in [0.1, 0.15) is 17.6 Å². The van der Waals surface area contributed by atoms with Crippen LogP contribution in [-0.4, -0.2) is 23.8 Å². The van der Waals surface area contributed by atoms with Gasteiger partial charge in [0.15, 0.2) is 11.6 Å².